The molecule has 2 aromatic rings. The van der Waals surface area contributed by atoms with Gasteiger partial charge in [-0.1, -0.05) is 37.5 Å². The van der Waals surface area contributed by atoms with Crippen LogP contribution in [0, 0.1) is 0 Å². The van der Waals surface area contributed by atoms with Gasteiger partial charge >= 0.3 is 5.97 Å². The maximum absolute atomic E-state index is 12.9. The largest absolute Gasteiger partial charge is 0.493 e. The summed E-state index contributed by atoms with van der Waals surface area (Å²) in [5, 5.41) is 3.14. The lowest BCUT2D eigenvalue weighted by molar-refractivity contribution is -0.168. The zero-order chi connectivity index (χ0) is 25.5. The van der Waals surface area contributed by atoms with Crippen molar-refractivity contribution in [3.63, 3.8) is 0 Å². The Morgan fingerprint density at radius 3 is 2.51 bits per heavy atom. The van der Waals surface area contributed by atoms with Crippen molar-refractivity contribution in [3.8, 4) is 11.5 Å². The van der Waals surface area contributed by atoms with E-state index in [2.05, 4.69) is 5.32 Å². The van der Waals surface area contributed by atoms with Gasteiger partial charge in [-0.15, -0.1) is 0 Å². The number of carbonyl (C=O) groups is 4. The van der Waals surface area contributed by atoms with Crippen LogP contribution in [0.3, 0.4) is 0 Å². The summed E-state index contributed by atoms with van der Waals surface area (Å²) in [5.41, 5.74) is 1.11. The molecule has 0 bridgehead atoms. The molecule has 186 valence electrons. The number of hydrogen-bond acceptors (Lipinski definition) is 7. The van der Waals surface area contributed by atoms with Crippen LogP contribution in [0.5, 0.6) is 11.5 Å². The molecule has 0 fully saturated rings. The average molecular weight is 483 g/mol. The Balaban J connectivity index is 1.70. The first kappa shape index (κ1) is 25.7. The van der Waals surface area contributed by atoms with E-state index in [9.17, 15) is 19.2 Å². The van der Waals surface area contributed by atoms with Crippen molar-refractivity contribution < 1.29 is 33.5 Å². The first-order valence-electron chi connectivity index (χ1n) is 11.6. The summed E-state index contributed by atoms with van der Waals surface area (Å²) in [7, 11) is 1.54. The highest BCUT2D eigenvalue weighted by molar-refractivity contribution is 6.24. The molecule has 1 aliphatic heterocycles. The minimum absolute atomic E-state index is 0.0136. The summed E-state index contributed by atoms with van der Waals surface area (Å²) in [6.07, 6.45) is 1.78. The highest BCUT2D eigenvalue weighted by Gasteiger charge is 2.41. The molecule has 3 amide bonds. The molecule has 0 radical (unpaired) electrons. The first-order chi connectivity index (χ1) is 16.8. The fourth-order valence-electron chi connectivity index (χ4n) is 3.78. The topological polar surface area (TPSA) is 111 Å². The number of anilines is 1. The highest BCUT2D eigenvalue weighted by Crippen LogP contribution is 2.33. The summed E-state index contributed by atoms with van der Waals surface area (Å²) in [6.45, 7) is 6.11. The second-order valence-corrected chi connectivity index (χ2v) is 8.20. The van der Waals surface area contributed by atoms with Gasteiger partial charge < -0.3 is 19.6 Å². The van der Waals surface area contributed by atoms with E-state index in [4.69, 9.17) is 14.3 Å². The summed E-state index contributed by atoms with van der Waals surface area (Å²) in [4.78, 5) is 55.7. The molecule has 0 saturated heterocycles. The monoisotopic (exact) mass is 482 g/mol. The van der Waals surface area contributed by atoms with Crippen molar-refractivity contribution in [1.29, 1.82) is 0 Å². The summed E-state index contributed by atoms with van der Waals surface area (Å²) in [5.74, 6) is -1.68. The van der Waals surface area contributed by atoms with Crippen LogP contribution < -0.4 is 14.8 Å². The second kappa shape index (κ2) is 11.5. The Morgan fingerprint density at radius 2 is 1.83 bits per heavy atom. The Hall–Kier alpha value is -3.88. The van der Waals surface area contributed by atoms with Crippen LogP contribution in [0.25, 0.3) is 0 Å². The summed E-state index contributed by atoms with van der Waals surface area (Å²) < 4.78 is 10.9. The number of rotatable bonds is 11. The van der Waals surface area contributed by atoms with E-state index in [-0.39, 0.29) is 35.1 Å². The molecule has 1 unspecified atom stereocenters. The SMILES string of the molecule is CCCCC(=O)Nc1cccc2c1C(=O)N(OC(=O)CC(C)c1ccc(OC)c(OCC)c1)C2=O. The Kier molecular flexibility index (Phi) is 8.46. The number of fused-ring (bicyclic) bond motifs is 1. The highest BCUT2D eigenvalue weighted by atomic mass is 16.7. The molecule has 0 aliphatic carbocycles. The molecule has 0 saturated carbocycles. The summed E-state index contributed by atoms with van der Waals surface area (Å²) >= 11 is 0. The Labute approximate surface area is 204 Å². The van der Waals surface area contributed by atoms with Gasteiger partial charge in [-0.2, -0.15) is 0 Å². The second-order valence-electron chi connectivity index (χ2n) is 8.20. The number of ether oxygens (including phenoxy) is 2. The van der Waals surface area contributed by atoms with Crippen LogP contribution in [0.15, 0.2) is 36.4 Å². The number of hydrogen-bond donors (Lipinski definition) is 1. The number of nitrogens with zero attached hydrogens (tertiary/aromatic N) is 1. The normalized spacial score (nSPS) is 13.3. The average Bonchev–Trinajstić information content (AvgIpc) is 3.08. The van der Waals surface area contributed by atoms with Crippen molar-refractivity contribution in [2.24, 2.45) is 0 Å². The number of hydroxylamine groups is 2. The summed E-state index contributed by atoms with van der Waals surface area (Å²) in [6, 6.07) is 9.92. The standard InChI is InChI=1S/C26H30N2O7/c1-5-7-11-22(29)27-19-10-8-9-18-24(19)26(32)28(25(18)31)35-23(30)14-16(3)17-12-13-20(33-4)21(15-17)34-6-2/h8-10,12-13,15-16H,5-7,11,14H2,1-4H3,(H,27,29). The zero-order valence-electron chi connectivity index (χ0n) is 20.4. The predicted molar refractivity (Wildman–Crippen MR) is 128 cm³/mol. The lowest BCUT2D eigenvalue weighted by atomic mass is 9.97. The zero-order valence-corrected chi connectivity index (χ0v) is 20.4. The molecule has 9 nitrogen and oxygen atoms in total. The minimum Gasteiger partial charge on any atom is -0.493 e. The molecule has 1 heterocycles. The van der Waals surface area contributed by atoms with E-state index < -0.39 is 17.8 Å². The molecule has 1 N–H and O–H groups in total. The van der Waals surface area contributed by atoms with E-state index >= 15 is 0 Å². The molecule has 2 aromatic carbocycles. The predicted octanol–water partition coefficient (Wildman–Crippen LogP) is 4.47. The molecule has 1 atom stereocenters. The number of benzene rings is 2. The van der Waals surface area contributed by atoms with Crippen molar-refractivity contribution in [2.45, 2.75) is 52.4 Å². The fourth-order valence-corrected chi connectivity index (χ4v) is 3.78. The van der Waals surface area contributed by atoms with Gasteiger partial charge in [0.05, 0.1) is 37.0 Å². The van der Waals surface area contributed by atoms with Crippen molar-refractivity contribution in [3.05, 3.63) is 53.1 Å². The van der Waals surface area contributed by atoms with Crippen molar-refractivity contribution in [2.75, 3.05) is 19.0 Å². The quantitative estimate of drug-likeness (QED) is 0.470. The van der Waals surface area contributed by atoms with E-state index in [1.54, 1.807) is 31.4 Å². The Bertz CT molecular complexity index is 1130. The smallest absolute Gasteiger partial charge is 0.333 e. The van der Waals surface area contributed by atoms with Gasteiger partial charge in [0.15, 0.2) is 11.5 Å². The minimum atomic E-state index is -0.791. The van der Waals surface area contributed by atoms with Crippen molar-refractivity contribution in [1.82, 2.24) is 5.06 Å². The third-order valence-corrected chi connectivity index (χ3v) is 5.63. The van der Waals surface area contributed by atoms with E-state index in [1.807, 2.05) is 26.8 Å². The number of carbonyl (C=O) groups excluding carboxylic acids is 4. The van der Waals surface area contributed by atoms with Crippen LogP contribution in [0.4, 0.5) is 5.69 Å². The third kappa shape index (κ3) is 5.79. The van der Waals surface area contributed by atoms with Gasteiger partial charge in [0.2, 0.25) is 5.91 Å². The van der Waals surface area contributed by atoms with Gasteiger partial charge in [-0.3, -0.25) is 14.4 Å². The number of imide groups is 1. The van der Waals surface area contributed by atoms with Crippen LogP contribution in [-0.4, -0.2) is 42.5 Å². The van der Waals surface area contributed by atoms with Gasteiger partial charge in [-0.05, 0) is 49.1 Å². The maximum Gasteiger partial charge on any atom is 0.333 e. The lowest BCUT2D eigenvalue weighted by Crippen LogP contribution is -2.33. The van der Waals surface area contributed by atoms with Crippen LogP contribution in [-0.2, 0) is 14.4 Å². The molecule has 0 spiro atoms. The molecule has 35 heavy (non-hydrogen) atoms. The van der Waals surface area contributed by atoms with Crippen LogP contribution in [0.1, 0.15) is 78.7 Å². The molecule has 0 aromatic heterocycles. The van der Waals surface area contributed by atoms with E-state index in [1.165, 1.54) is 6.07 Å². The molecular weight excluding hydrogens is 452 g/mol. The number of methoxy groups -OCH3 is 1. The molecule has 1 aliphatic rings. The van der Waals surface area contributed by atoms with E-state index in [0.29, 0.717) is 36.0 Å². The lowest BCUT2D eigenvalue weighted by Gasteiger charge is -2.17. The van der Waals surface area contributed by atoms with Gasteiger partial charge in [-0.25, -0.2) is 4.79 Å². The maximum atomic E-state index is 12.9. The van der Waals surface area contributed by atoms with Crippen LogP contribution in [0.2, 0.25) is 0 Å². The number of unbranched alkanes of at least 4 members (excludes halogenated alkanes) is 1. The molecule has 9 heteroatoms. The molecule has 3 rings (SSSR count). The third-order valence-electron chi connectivity index (χ3n) is 5.63. The van der Waals surface area contributed by atoms with Crippen LogP contribution >= 0.6 is 0 Å². The van der Waals surface area contributed by atoms with Gasteiger partial charge in [0, 0.05) is 6.42 Å². The first-order valence-corrected chi connectivity index (χ1v) is 11.6. The van der Waals surface area contributed by atoms with Gasteiger partial charge in [0.1, 0.15) is 0 Å². The van der Waals surface area contributed by atoms with Gasteiger partial charge in [0.25, 0.3) is 11.8 Å². The van der Waals surface area contributed by atoms with E-state index in [0.717, 1.165) is 12.0 Å². The number of nitrogens with one attached hydrogen (secondary N) is 1. The Morgan fingerprint density at radius 1 is 1.06 bits per heavy atom. The molecular formula is C26H30N2O7. The van der Waals surface area contributed by atoms with Crippen molar-refractivity contribution >= 4 is 29.4 Å². The fraction of sp³-hybridized carbons (Fsp3) is 0.385. The number of amides is 3.